The maximum Gasteiger partial charge on any atom is 0.305 e. The van der Waals surface area contributed by atoms with Gasteiger partial charge in [-0.15, -0.1) is 0 Å². The Balaban J connectivity index is 1.55. The summed E-state index contributed by atoms with van der Waals surface area (Å²) in [6, 6.07) is 0. The van der Waals surface area contributed by atoms with Crippen molar-refractivity contribution in [2.45, 2.75) is 90.6 Å². The van der Waals surface area contributed by atoms with Gasteiger partial charge in [0.1, 0.15) is 0 Å². The lowest BCUT2D eigenvalue weighted by molar-refractivity contribution is -0.146. The smallest absolute Gasteiger partial charge is 0.305 e. The predicted octanol–water partition coefficient (Wildman–Crippen LogP) is 5.15. The maximum absolute atomic E-state index is 12.0. The molecule has 30 heavy (non-hydrogen) atoms. The molecular weight excluding hydrogens is 376 g/mol. The zero-order chi connectivity index (χ0) is 21.6. The van der Waals surface area contributed by atoms with Crippen LogP contribution in [0, 0.1) is 28.6 Å². The molecular formula is C26H38O4. The number of ketones is 1. The summed E-state index contributed by atoms with van der Waals surface area (Å²) in [7, 11) is 0. The van der Waals surface area contributed by atoms with E-state index in [1.54, 1.807) is 0 Å². The molecule has 0 spiro atoms. The van der Waals surface area contributed by atoms with E-state index >= 15 is 0 Å². The minimum Gasteiger partial charge on any atom is -0.466 e. The van der Waals surface area contributed by atoms with Crippen molar-refractivity contribution in [2.75, 3.05) is 6.61 Å². The summed E-state index contributed by atoms with van der Waals surface area (Å²) in [4.78, 5) is 23.4. The number of carbonyl (C=O) groups excluding carboxylic acids is 2. The fourth-order valence-electron chi connectivity index (χ4n) is 7.73. The Bertz CT molecular complexity index is 767. The van der Waals surface area contributed by atoms with Gasteiger partial charge >= 0.3 is 5.97 Å². The van der Waals surface area contributed by atoms with Crippen LogP contribution in [0.25, 0.3) is 0 Å². The topological polar surface area (TPSA) is 63.6 Å². The van der Waals surface area contributed by atoms with E-state index in [4.69, 9.17) is 4.74 Å². The van der Waals surface area contributed by atoms with Gasteiger partial charge in [-0.25, -0.2) is 0 Å². The largest absolute Gasteiger partial charge is 0.466 e. The molecule has 4 aliphatic rings. The zero-order valence-electron chi connectivity index (χ0n) is 18.9. The van der Waals surface area contributed by atoms with Crippen LogP contribution >= 0.6 is 0 Å². The number of rotatable bonds is 6. The number of ether oxygens (including phenoxy) is 1. The standard InChI is InChI=1S/C26H38O4/c1-4-23(28)30-16-6-12-26(29)15-11-22-20-8-7-18-17-19(27)9-13-24(18,3)21(20)10-14-25(22,26)5-2/h7-8,17,20-22,29H,4-6,9-16H2,1-3H3/t20-,21+,22+,24+,25+,26+/m1/s1. The van der Waals surface area contributed by atoms with Gasteiger partial charge in [0, 0.05) is 18.3 Å². The molecule has 0 aromatic heterocycles. The fraction of sp³-hybridized carbons (Fsp3) is 0.769. The summed E-state index contributed by atoms with van der Waals surface area (Å²) in [5, 5.41) is 11.9. The first-order chi connectivity index (χ1) is 14.3. The molecule has 0 aliphatic heterocycles. The first-order valence-corrected chi connectivity index (χ1v) is 12.1. The van der Waals surface area contributed by atoms with E-state index in [-0.39, 0.29) is 22.6 Å². The van der Waals surface area contributed by atoms with E-state index < -0.39 is 5.60 Å². The molecule has 4 nitrogen and oxygen atoms in total. The highest BCUT2D eigenvalue weighted by molar-refractivity contribution is 5.92. The normalized spacial score (nSPS) is 42.2. The molecule has 0 bridgehead atoms. The molecule has 1 N–H and O–H groups in total. The second kappa shape index (κ2) is 7.93. The number of fused-ring (bicyclic) bond motifs is 5. The molecule has 166 valence electrons. The minimum absolute atomic E-state index is 0.0463. The number of esters is 1. The van der Waals surface area contributed by atoms with Crippen LogP contribution in [0.4, 0.5) is 0 Å². The third-order valence-corrected chi connectivity index (χ3v) is 9.44. The maximum atomic E-state index is 12.0. The second-order valence-corrected chi connectivity index (χ2v) is 10.4. The predicted molar refractivity (Wildman–Crippen MR) is 117 cm³/mol. The molecule has 0 aromatic rings. The molecule has 0 radical (unpaired) electrons. The van der Waals surface area contributed by atoms with E-state index in [2.05, 4.69) is 26.0 Å². The lowest BCUT2D eigenvalue weighted by Gasteiger charge is -2.58. The monoisotopic (exact) mass is 414 g/mol. The van der Waals surface area contributed by atoms with Gasteiger partial charge in [0.05, 0.1) is 12.2 Å². The van der Waals surface area contributed by atoms with Crippen molar-refractivity contribution in [2.24, 2.45) is 28.6 Å². The van der Waals surface area contributed by atoms with Crippen molar-refractivity contribution >= 4 is 11.8 Å². The van der Waals surface area contributed by atoms with E-state index in [9.17, 15) is 14.7 Å². The van der Waals surface area contributed by atoms with Gasteiger partial charge in [-0.1, -0.05) is 32.9 Å². The molecule has 4 heteroatoms. The first-order valence-electron chi connectivity index (χ1n) is 12.1. The molecule has 2 saturated carbocycles. The highest BCUT2D eigenvalue weighted by Gasteiger charge is 2.64. The Hall–Kier alpha value is -1.42. The number of hydrogen-bond acceptors (Lipinski definition) is 4. The highest BCUT2D eigenvalue weighted by atomic mass is 16.5. The summed E-state index contributed by atoms with van der Waals surface area (Å²) in [6.45, 7) is 6.84. The van der Waals surface area contributed by atoms with Crippen molar-refractivity contribution in [1.29, 1.82) is 0 Å². The van der Waals surface area contributed by atoms with Crippen LogP contribution in [0.3, 0.4) is 0 Å². The Morgan fingerprint density at radius 1 is 1.20 bits per heavy atom. The summed E-state index contributed by atoms with van der Waals surface area (Å²) in [6.07, 6.45) is 15.1. The summed E-state index contributed by atoms with van der Waals surface area (Å²) in [5.74, 6) is 1.66. The number of aliphatic hydroxyl groups is 1. The van der Waals surface area contributed by atoms with Crippen LogP contribution in [0.15, 0.2) is 23.8 Å². The van der Waals surface area contributed by atoms with Crippen molar-refractivity contribution in [1.82, 2.24) is 0 Å². The van der Waals surface area contributed by atoms with E-state index in [1.165, 1.54) is 5.57 Å². The van der Waals surface area contributed by atoms with Gasteiger partial charge in [-0.3, -0.25) is 9.59 Å². The first kappa shape index (κ1) is 21.8. The number of hydrogen-bond donors (Lipinski definition) is 1. The van der Waals surface area contributed by atoms with Gasteiger partial charge in [0.15, 0.2) is 5.78 Å². The molecule has 0 aromatic carbocycles. The third kappa shape index (κ3) is 3.21. The quantitative estimate of drug-likeness (QED) is 0.482. The third-order valence-electron chi connectivity index (χ3n) is 9.44. The molecule has 2 fully saturated rings. The van der Waals surface area contributed by atoms with Crippen LogP contribution in [0.5, 0.6) is 0 Å². The molecule has 0 saturated heterocycles. The van der Waals surface area contributed by atoms with Crippen molar-refractivity contribution in [3.05, 3.63) is 23.8 Å². The molecule has 0 unspecified atom stereocenters. The van der Waals surface area contributed by atoms with Crippen LogP contribution in [0.1, 0.15) is 85.0 Å². The lowest BCUT2D eigenvalue weighted by atomic mass is 9.47. The van der Waals surface area contributed by atoms with E-state index in [0.717, 1.165) is 44.9 Å². The Labute approximate surface area is 181 Å². The Morgan fingerprint density at radius 2 is 1.97 bits per heavy atom. The van der Waals surface area contributed by atoms with Crippen molar-refractivity contribution in [3.63, 3.8) is 0 Å². The van der Waals surface area contributed by atoms with Crippen molar-refractivity contribution in [3.8, 4) is 0 Å². The molecule has 0 heterocycles. The fourth-order valence-corrected chi connectivity index (χ4v) is 7.73. The Morgan fingerprint density at radius 3 is 2.70 bits per heavy atom. The van der Waals surface area contributed by atoms with E-state index in [0.29, 0.717) is 43.6 Å². The second-order valence-electron chi connectivity index (χ2n) is 10.4. The zero-order valence-corrected chi connectivity index (χ0v) is 18.9. The lowest BCUT2D eigenvalue weighted by Crippen LogP contribution is -2.55. The summed E-state index contributed by atoms with van der Waals surface area (Å²) in [5.41, 5.74) is 0.621. The van der Waals surface area contributed by atoms with Crippen LogP contribution < -0.4 is 0 Å². The average Bonchev–Trinajstić information content (AvgIpc) is 3.04. The Kier molecular flexibility index (Phi) is 5.76. The number of carbonyl (C=O) groups is 2. The highest BCUT2D eigenvalue weighted by Crippen LogP contribution is 2.68. The summed E-state index contributed by atoms with van der Waals surface area (Å²) < 4.78 is 5.27. The van der Waals surface area contributed by atoms with Crippen molar-refractivity contribution < 1.29 is 19.4 Å². The van der Waals surface area contributed by atoms with Gasteiger partial charge in [-0.2, -0.15) is 0 Å². The number of allylic oxidation sites excluding steroid dienone is 4. The van der Waals surface area contributed by atoms with Gasteiger partial charge < -0.3 is 9.84 Å². The minimum atomic E-state index is -0.663. The average molecular weight is 415 g/mol. The van der Waals surface area contributed by atoms with E-state index in [1.807, 2.05) is 13.0 Å². The van der Waals surface area contributed by atoms with Gasteiger partial charge in [-0.05, 0) is 86.2 Å². The van der Waals surface area contributed by atoms with Crippen LogP contribution in [0.2, 0.25) is 0 Å². The van der Waals surface area contributed by atoms with Gasteiger partial charge in [0.25, 0.3) is 0 Å². The van der Waals surface area contributed by atoms with Crippen LogP contribution in [-0.4, -0.2) is 29.1 Å². The molecule has 6 atom stereocenters. The molecule has 4 aliphatic carbocycles. The van der Waals surface area contributed by atoms with Crippen LogP contribution in [-0.2, 0) is 14.3 Å². The van der Waals surface area contributed by atoms with Gasteiger partial charge in [0.2, 0.25) is 0 Å². The summed E-state index contributed by atoms with van der Waals surface area (Å²) >= 11 is 0. The molecule has 4 rings (SSSR count). The SMILES string of the molecule is CCC(=O)OCCC[C@]1(O)CC[C@H]2[C@@H]3C=CC4=CC(=O)CC[C@]4(C)[C@H]3CC[C@@]21CC. The molecule has 0 amide bonds.